The van der Waals surface area contributed by atoms with E-state index in [0.717, 1.165) is 12.4 Å². The number of aliphatic imine (C=N–C) groups is 1. The van der Waals surface area contributed by atoms with Crippen LogP contribution in [0, 0.1) is 0 Å². The number of nitrogens with zero attached hydrogens (tertiary/aromatic N) is 3. The SMILES string of the molecule is NC=C(C=NCC(F)(F)F)c1cnc2ccc(Cl)nc2c1. The molecule has 0 spiro atoms. The lowest BCUT2D eigenvalue weighted by Gasteiger charge is -2.04. The van der Waals surface area contributed by atoms with Crippen LogP contribution in [0.5, 0.6) is 0 Å². The maximum atomic E-state index is 12.1. The van der Waals surface area contributed by atoms with Crippen LogP contribution in [0.4, 0.5) is 13.2 Å². The second-order valence-electron chi connectivity index (χ2n) is 4.10. The van der Waals surface area contributed by atoms with Crippen molar-refractivity contribution in [3.05, 3.63) is 41.3 Å². The maximum absolute atomic E-state index is 12.1. The Morgan fingerprint density at radius 2 is 2.10 bits per heavy atom. The van der Waals surface area contributed by atoms with Crippen LogP contribution in [0.2, 0.25) is 5.15 Å². The van der Waals surface area contributed by atoms with E-state index >= 15 is 0 Å². The molecule has 2 aromatic heterocycles. The maximum Gasteiger partial charge on any atom is 0.407 e. The fourth-order valence-electron chi connectivity index (χ4n) is 1.60. The molecule has 0 atom stereocenters. The van der Waals surface area contributed by atoms with Crippen molar-refractivity contribution >= 4 is 34.4 Å². The van der Waals surface area contributed by atoms with Crippen molar-refractivity contribution in [2.75, 3.05) is 6.54 Å². The highest BCUT2D eigenvalue weighted by molar-refractivity contribution is 6.29. The molecular formula is C13H10ClF3N4. The van der Waals surface area contributed by atoms with Crippen LogP contribution >= 0.6 is 11.6 Å². The van der Waals surface area contributed by atoms with Gasteiger partial charge >= 0.3 is 6.18 Å². The molecule has 4 nitrogen and oxygen atoms in total. The van der Waals surface area contributed by atoms with Gasteiger partial charge in [0.2, 0.25) is 0 Å². The fraction of sp³-hybridized carbons (Fsp3) is 0.154. The largest absolute Gasteiger partial charge is 0.407 e. The molecule has 2 rings (SSSR count). The van der Waals surface area contributed by atoms with Crippen LogP contribution in [0.1, 0.15) is 5.56 Å². The standard InChI is InChI=1S/C13H10ClF3N4/c14-12-2-1-10-11(21-12)3-8(6-20-10)9(4-18)5-19-7-13(15,16)17/h1-6H,7,18H2. The van der Waals surface area contributed by atoms with Gasteiger partial charge in [0.05, 0.1) is 11.0 Å². The van der Waals surface area contributed by atoms with E-state index < -0.39 is 12.7 Å². The summed E-state index contributed by atoms with van der Waals surface area (Å²) in [6.45, 7) is -1.27. The Morgan fingerprint density at radius 3 is 2.76 bits per heavy atom. The molecule has 0 saturated carbocycles. The van der Waals surface area contributed by atoms with Gasteiger partial charge in [0, 0.05) is 29.7 Å². The van der Waals surface area contributed by atoms with Gasteiger partial charge in [0.15, 0.2) is 0 Å². The number of halogens is 4. The van der Waals surface area contributed by atoms with Gasteiger partial charge in [0.1, 0.15) is 11.7 Å². The van der Waals surface area contributed by atoms with Gasteiger partial charge in [-0.1, -0.05) is 11.6 Å². The second-order valence-corrected chi connectivity index (χ2v) is 4.49. The Balaban J connectivity index is 2.30. The summed E-state index contributed by atoms with van der Waals surface area (Å²) < 4.78 is 36.2. The first-order chi connectivity index (χ1) is 9.89. The van der Waals surface area contributed by atoms with Crippen molar-refractivity contribution < 1.29 is 13.2 Å². The molecule has 2 heterocycles. The van der Waals surface area contributed by atoms with Crippen molar-refractivity contribution in [2.45, 2.75) is 6.18 Å². The molecule has 8 heteroatoms. The van der Waals surface area contributed by atoms with E-state index in [-0.39, 0.29) is 0 Å². The minimum atomic E-state index is -4.35. The minimum Gasteiger partial charge on any atom is -0.404 e. The number of hydrogen-bond acceptors (Lipinski definition) is 4. The molecule has 110 valence electrons. The molecule has 0 amide bonds. The normalized spacial score (nSPS) is 13.2. The first-order valence-electron chi connectivity index (χ1n) is 5.80. The summed E-state index contributed by atoms with van der Waals surface area (Å²) in [5, 5.41) is 0.297. The zero-order valence-electron chi connectivity index (χ0n) is 10.6. The van der Waals surface area contributed by atoms with Crippen LogP contribution in [0.3, 0.4) is 0 Å². The van der Waals surface area contributed by atoms with Gasteiger partial charge < -0.3 is 5.73 Å². The van der Waals surface area contributed by atoms with Gasteiger partial charge in [-0.05, 0) is 18.2 Å². The molecule has 0 aliphatic rings. The lowest BCUT2D eigenvalue weighted by molar-refractivity contribution is -0.118. The lowest BCUT2D eigenvalue weighted by Crippen LogP contribution is -2.12. The predicted octanol–water partition coefficient (Wildman–Crippen LogP) is 3.22. The first kappa shape index (κ1) is 15.2. The molecule has 21 heavy (non-hydrogen) atoms. The molecule has 0 radical (unpaired) electrons. The summed E-state index contributed by atoms with van der Waals surface area (Å²) in [4.78, 5) is 11.5. The highest BCUT2D eigenvalue weighted by Gasteiger charge is 2.25. The quantitative estimate of drug-likeness (QED) is 0.699. The number of fused-ring (bicyclic) bond motifs is 1. The molecule has 0 bridgehead atoms. The van der Waals surface area contributed by atoms with Crippen molar-refractivity contribution in [3.63, 3.8) is 0 Å². The van der Waals surface area contributed by atoms with Crippen LogP contribution < -0.4 is 5.73 Å². The molecule has 0 aliphatic heterocycles. The van der Waals surface area contributed by atoms with Gasteiger partial charge in [-0.25, -0.2) is 4.98 Å². The van der Waals surface area contributed by atoms with E-state index in [1.54, 1.807) is 18.2 Å². The first-order valence-corrected chi connectivity index (χ1v) is 6.18. The summed E-state index contributed by atoms with van der Waals surface area (Å²) in [6.07, 6.45) is -0.655. The number of hydrogen-bond donors (Lipinski definition) is 1. The zero-order valence-corrected chi connectivity index (χ0v) is 11.4. The number of rotatable bonds is 3. The molecule has 0 aliphatic carbocycles. The van der Waals surface area contributed by atoms with Crippen LogP contribution in [0.25, 0.3) is 16.6 Å². The molecule has 0 aromatic carbocycles. The van der Waals surface area contributed by atoms with Gasteiger partial charge in [0.25, 0.3) is 0 Å². The van der Waals surface area contributed by atoms with Crippen molar-refractivity contribution in [2.24, 2.45) is 10.7 Å². The molecule has 2 aromatic rings. The summed E-state index contributed by atoms with van der Waals surface area (Å²) in [5.74, 6) is 0. The van der Waals surface area contributed by atoms with E-state index in [0.29, 0.717) is 27.3 Å². The second kappa shape index (κ2) is 6.09. The average Bonchev–Trinajstić information content (AvgIpc) is 2.41. The predicted molar refractivity (Wildman–Crippen MR) is 76.1 cm³/mol. The highest BCUT2D eigenvalue weighted by Crippen LogP contribution is 2.19. The van der Waals surface area contributed by atoms with Gasteiger partial charge in [-0.3, -0.25) is 9.98 Å². The Labute approximate surface area is 123 Å². The molecule has 2 N–H and O–H groups in total. The summed E-state index contributed by atoms with van der Waals surface area (Å²) in [6, 6.07) is 4.92. The molecular weight excluding hydrogens is 305 g/mol. The number of allylic oxidation sites excluding steroid dienone is 1. The fourth-order valence-corrected chi connectivity index (χ4v) is 1.75. The Kier molecular flexibility index (Phi) is 4.42. The molecule has 0 saturated heterocycles. The van der Waals surface area contributed by atoms with E-state index in [9.17, 15) is 13.2 Å². The van der Waals surface area contributed by atoms with Crippen molar-refractivity contribution in [1.29, 1.82) is 0 Å². The van der Waals surface area contributed by atoms with E-state index in [1.165, 1.54) is 6.20 Å². The van der Waals surface area contributed by atoms with E-state index in [1.807, 2.05) is 0 Å². The van der Waals surface area contributed by atoms with Crippen molar-refractivity contribution in [1.82, 2.24) is 9.97 Å². The highest BCUT2D eigenvalue weighted by atomic mass is 35.5. The van der Waals surface area contributed by atoms with E-state index in [4.69, 9.17) is 17.3 Å². The van der Waals surface area contributed by atoms with Crippen LogP contribution in [0.15, 0.2) is 35.6 Å². The third-order valence-electron chi connectivity index (χ3n) is 2.52. The Hall–Kier alpha value is -2.15. The smallest absolute Gasteiger partial charge is 0.404 e. The third-order valence-corrected chi connectivity index (χ3v) is 2.73. The Morgan fingerprint density at radius 1 is 1.33 bits per heavy atom. The van der Waals surface area contributed by atoms with Crippen molar-refractivity contribution in [3.8, 4) is 0 Å². The lowest BCUT2D eigenvalue weighted by atomic mass is 10.1. The monoisotopic (exact) mass is 314 g/mol. The number of aromatic nitrogens is 2. The van der Waals surface area contributed by atoms with Crippen LogP contribution in [-0.2, 0) is 0 Å². The average molecular weight is 315 g/mol. The topological polar surface area (TPSA) is 64.2 Å². The third kappa shape index (κ3) is 4.16. The summed E-state index contributed by atoms with van der Waals surface area (Å²) in [5.41, 5.74) is 7.37. The molecule has 0 unspecified atom stereocenters. The minimum absolute atomic E-state index is 0.297. The summed E-state index contributed by atoms with van der Waals surface area (Å²) in [7, 11) is 0. The number of pyridine rings is 2. The number of alkyl halides is 3. The van der Waals surface area contributed by atoms with Gasteiger partial charge in [-0.2, -0.15) is 13.2 Å². The summed E-state index contributed by atoms with van der Waals surface area (Å²) >= 11 is 5.79. The number of nitrogens with two attached hydrogens (primary N) is 1. The van der Waals surface area contributed by atoms with Gasteiger partial charge in [-0.15, -0.1) is 0 Å². The van der Waals surface area contributed by atoms with E-state index in [2.05, 4.69) is 15.0 Å². The Bertz CT molecular complexity index is 710. The zero-order chi connectivity index (χ0) is 15.5. The molecule has 0 fully saturated rings. The van der Waals surface area contributed by atoms with Crippen LogP contribution in [-0.4, -0.2) is 28.9 Å².